The maximum Gasteiger partial charge on any atom is 0.339 e. The maximum absolute atomic E-state index is 13.9. The minimum Gasteiger partial charge on any atom is -0.449 e. The molecule has 0 radical (unpaired) electrons. The highest BCUT2D eigenvalue weighted by molar-refractivity contribution is 9.10. The summed E-state index contributed by atoms with van der Waals surface area (Å²) in [6.45, 7) is 3.12. The summed E-state index contributed by atoms with van der Waals surface area (Å²) in [6.07, 6.45) is 0.855. The van der Waals surface area contributed by atoms with Crippen molar-refractivity contribution in [3.8, 4) is 0 Å². The van der Waals surface area contributed by atoms with Crippen LogP contribution in [0.1, 0.15) is 47.4 Å². The van der Waals surface area contributed by atoms with Gasteiger partial charge < -0.3 is 14.6 Å². The van der Waals surface area contributed by atoms with Crippen molar-refractivity contribution in [2.45, 2.75) is 38.7 Å². The smallest absolute Gasteiger partial charge is 0.339 e. The first kappa shape index (κ1) is 19.5. The second-order valence-electron chi connectivity index (χ2n) is 6.98. The summed E-state index contributed by atoms with van der Waals surface area (Å²) in [5.41, 5.74) is 1.78. The summed E-state index contributed by atoms with van der Waals surface area (Å²) >= 11 is 3.15. The molecule has 1 N–H and O–H groups in total. The molecule has 1 aliphatic rings. The molecule has 3 aromatic rings. The number of aromatic nitrogens is 2. The number of esters is 1. The van der Waals surface area contributed by atoms with E-state index in [1.807, 2.05) is 0 Å². The number of carbonyl (C=O) groups is 2. The summed E-state index contributed by atoms with van der Waals surface area (Å²) in [5, 5.41) is 6.76. The van der Waals surface area contributed by atoms with Gasteiger partial charge in [-0.25, -0.2) is 14.2 Å². The largest absolute Gasteiger partial charge is 0.449 e. The van der Waals surface area contributed by atoms with E-state index in [0.717, 1.165) is 18.5 Å². The van der Waals surface area contributed by atoms with Crippen molar-refractivity contribution in [3.63, 3.8) is 0 Å². The van der Waals surface area contributed by atoms with Crippen LogP contribution < -0.4 is 5.32 Å². The van der Waals surface area contributed by atoms with E-state index < -0.39 is 23.8 Å². The zero-order valence-corrected chi connectivity index (χ0v) is 17.2. The van der Waals surface area contributed by atoms with Crippen molar-refractivity contribution in [3.05, 3.63) is 51.5 Å². The van der Waals surface area contributed by atoms with Crippen molar-refractivity contribution in [2.24, 2.45) is 0 Å². The highest BCUT2D eigenvalue weighted by atomic mass is 79.9. The molecule has 0 saturated heterocycles. The van der Waals surface area contributed by atoms with Crippen molar-refractivity contribution >= 4 is 44.6 Å². The monoisotopic (exact) mass is 461 g/mol. The van der Waals surface area contributed by atoms with E-state index in [4.69, 9.17) is 9.26 Å². The fourth-order valence-corrected chi connectivity index (χ4v) is 3.30. The van der Waals surface area contributed by atoms with Crippen LogP contribution in [0.3, 0.4) is 0 Å². The number of rotatable bonds is 5. The van der Waals surface area contributed by atoms with E-state index in [-0.39, 0.29) is 22.9 Å². The van der Waals surface area contributed by atoms with Gasteiger partial charge in [0.05, 0.1) is 22.3 Å². The Morgan fingerprint density at radius 1 is 1.34 bits per heavy atom. The van der Waals surface area contributed by atoms with Crippen LogP contribution in [-0.2, 0) is 9.53 Å². The van der Waals surface area contributed by atoms with E-state index in [0.29, 0.717) is 15.6 Å². The summed E-state index contributed by atoms with van der Waals surface area (Å²) in [7, 11) is 0. The number of benzene rings is 1. The standard InChI is InChI=1S/C20H17BrFN3O4/c1-9-17-13(8-16(11-3-4-11)24-19(17)29-25-9)20(27)28-10(2)18(26)23-15-6-5-12(21)7-14(15)22/h5-8,10-11H,3-4H2,1-2H3,(H,23,26)/t10-/m0/s1. The van der Waals surface area contributed by atoms with Gasteiger partial charge in [0.1, 0.15) is 5.82 Å². The number of hydrogen-bond acceptors (Lipinski definition) is 6. The van der Waals surface area contributed by atoms with E-state index >= 15 is 0 Å². The molecule has 0 aliphatic heterocycles. The van der Waals surface area contributed by atoms with E-state index in [1.54, 1.807) is 19.1 Å². The number of nitrogens with zero attached hydrogens (tertiary/aromatic N) is 2. The molecule has 1 amide bonds. The highest BCUT2D eigenvalue weighted by Crippen LogP contribution is 2.40. The van der Waals surface area contributed by atoms with Crippen LogP contribution in [0.5, 0.6) is 0 Å². The minimum atomic E-state index is -1.14. The number of ether oxygens (including phenoxy) is 1. The Morgan fingerprint density at radius 2 is 2.10 bits per heavy atom. The van der Waals surface area contributed by atoms with Crippen LogP contribution in [0.15, 0.2) is 33.3 Å². The molecule has 29 heavy (non-hydrogen) atoms. The first-order chi connectivity index (χ1) is 13.8. The van der Waals surface area contributed by atoms with Crippen molar-refractivity contribution in [2.75, 3.05) is 5.32 Å². The quantitative estimate of drug-likeness (QED) is 0.562. The molecule has 1 atom stereocenters. The molecule has 9 heteroatoms. The van der Waals surface area contributed by atoms with E-state index in [9.17, 15) is 14.0 Å². The molecule has 7 nitrogen and oxygen atoms in total. The second kappa shape index (κ2) is 7.55. The van der Waals surface area contributed by atoms with Gasteiger partial charge in [-0.3, -0.25) is 4.79 Å². The SMILES string of the molecule is Cc1noc2nc(C3CC3)cc(C(=O)O[C@@H](C)C(=O)Nc3ccc(Br)cc3F)c12. The predicted molar refractivity (Wildman–Crippen MR) is 106 cm³/mol. The summed E-state index contributed by atoms with van der Waals surface area (Å²) in [4.78, 5) is 29.6. The third-order valence-electron chi connectivity index (χ3n) is 4.69. The van der Waals surface area contributed by atoms with Crippen LogP contribution in [0.25, 0.3) is 11.1 Å². The van der Waals surface area contributed by atoms with Gasteiger partial charge in [-0.1, -0.05) is 21.1 Å². The lowest BCUT2D eigenvalue weighted by Crippen LogP contribution is -2.30. The molecule has 2 heterocycles. The molecule has 1 saturated carbocycles. The lowest BCUT2D eigenvalue weighted by Gasteiger charge is -2.14. The highest BCUT2D eigenvalue weighted by Gasteiger charge is 2.30. The molecule has 1 fully saturated rings. The first-order valence-corrected chi connectivity index (χ1v) is 9.86. The van der Waals surface area contributed by atoms with Crippen LogP contribution in [0, 0.1) is 12.7 Å². The molecule has 2 aromatic heterocycles. The molecule has 150 valence electrons. The van der Waals surface area contributed by atoms with Gasteiger partial charge >= 0.3 is 5.97 Å². The minimum absolute atomic E-state index is 0.00157. The number of amides is 1. The Bertz CT molecular complexity index is 1130. The molecule has 1 aromatic carbocycles. The summed E-state index contributed by atoms with van der Waals surface area (Å²) < 4.78 is 25.0. The zero-order chi connectivity index (χ0) is 20.7. The number of pyridine rings is 1. The van der Waals surface area contributed by atoms with Crippen molar-refractivity contribution < 1.29 is 23.2 Å². The Labute approximate surface area is 173 Å². The Balaban J connectivity index is 1.54. The van der Waals surface area contributed by atoms with Gasteiger partial charge in [0.15, 0.2) is 6.10 Å². The number of carbonyl (C=O) groups excluding carboxylic acids is 2. The Kier molecular flexibility index (Phi) is 5.08. The fourth-order valence-electron chi connectivity index (χ4n) is 2.97. The second-order valence-corrected chi connectivity index (χ2v) is 7.89. The number of halogens is 2. The van der Waals surface area contributed by atoms with Crippen molar-refractivity contribution in [1.29, 1.82) is 0 Å². The maximum atomic E-state index is 13.9. The number of fused-ring (bicyclic) bond motifs is 1. The van der Waals surface area contributed by atoms with Crippen LogP contribution in [0.4, 0.5) is 10.1 Å². The van der Waals surface area contributed by atoms with Gasteiger partial charge in [0.25, 0.3) is 11.6 Å². The van der Waals surface area contributed by atoms with Crippen LogP contribution in [-0.4, -0.2) is 28.1 Å². The lowest BCUT2D eigenvalue weighted by atomic mass is 10.1. The molecule has 1 aliphatic carbocycles. The predicted octanol–water partition coefficient (Wildman–Crippen LogP) is 4.49. The third-order valence-corrected chi connectivity index (χ3v) is 5.19. The molecule has 4 rings (SSSR count). The van der Waals surface area contributed by atoms with E-state index in [1.165, 1.54) is 19.1 Å². The summed E-state index contributed by atoms with van der Waals surface area (Å²) in [6, 6.07) is 5.91. The zero-order valence-electron chi connectivity index (χ0n) is 15.7. The molecular formula is C20H17BrFN3O4. The van der Waals surface area contributed by atoms with Gasteiger partial charge in [0, 0.05) is 16.1 Å². The van der Waals surface area contributed by atoms with Gasteiger partial charge in [-0.2, -0.15) is 0 Å². The Morgan fingerprint density at radius 3 is 2.79 bits per heavy atom. The van der Waals surface area contributed by atoms with Crippen LogP contribution >= 0.6 is 15.9 Å². The summed E-state index contributed by atoms with van der Waals surface area (Å²) in [5.74, 6) is -1.65. The number of nitrogens with one attached hydrogen (secondary N) is 1. The number of aryl methyl sites for hydroxylation is 1. The number of hydrogen-bond donors (Lipinski definition) is 1. The molecule has 0 unspecified atom stereocenters. The third kappa shape index (κ3) is 4.00. The van der Waals surface area contributed by atoms with Gasteiger partial charge in [-0.15, -0.1) is 0 Å². The lowest BCUT2D eigenvalue weighted by molar-refractivity contribution is -0.123. The molecular weight excluding hydrogens is 445 g/mol. The number of anilines is 1. The molecule has 0 spiro atoms. The normalized spacial score (nSPS) is 14.6. The average molecular weight is 462 g/mol. The topological polar surface area (TPSA) is 94.3 Å². The average Bonchev–Trinajstić information content (AvgIpc) is 3.46. The van der Waals surface area contributed by atoms with Crippen LogP contribution in [0.2, 0.25) is 0 Å². The van der Waals surface area contributed by atoms with Gasteiger partial charge in [-0.05, 0) is 51.0 Å². The van der Waals surface area contributed by atoms with E-state index in [2.05, 4.69) is 31.4 Å². The fraction of sp³-hybridized carbons (Fsp3) is 0.300. The first-order valence-electron chi connectivity index (χ1n) is 9.07. The Hall–Kier alpha value is -2.81. The molecule has 0 bridgehead atoms. The van der Waals surface area contributed by atoms with Gasteiger partial charge in [0.2, 0.25) is 0 Å². The van der Waals surface area contributed by atoms with Crippen molar-refractivity contribution in [1.82, 2.24) is 10.1 Å².